The minimum absolute atomic E-state index is 0.0160. The fourth-order valence-electron chi connectivity index (χ4n) is 4.24. The van der Waals surface area contributed by atoms with Gasteiger partial charge in [-0.2, -0.15) is 0 Å². The molecule has 3 heterocycles. The van der Waals surface area contributed by atoms with E-state index in [0.29, 0.717) is 22.2 Å². The molecule has 1 aliphatic heterocycles. The average molecular weight is 471 g/mol. The first-order valence-corrected chi connectivity index (χ1v) is 11.3. The fourth-order valence-corrected chi connectivity index (χ4v) is 4.58. The zero-order valence-electron chi connectivity index (χ0n) is 18.6. The molecular weight excluding hydrogens is 448 g/mol. The zero-order chi connectivity index (χ0) is 23.8. The molecule has 1 aliphatic rings. The SMILES string of the molecule is Cc1ccc(N2C(=S)NC(c3ccccn3)C2c2ccc(-c3cccc([N+](=O)[O-])c3)o2)cc1C. The smallest absolute Gasteiger partial charge is 0.270 e. The van der Waals surface area contributed by atoms with Crippen LogP contribution in [0.4, 0.5) is 11.4 Å². The van der Waals surface area contributed by atoms with Crippen LogP contribution in [0.15, 0.2) is 83.4 Å². The first-order valence-electron chi connectivity index (χ1n) is 10.8. The van der Waals surface area contributed by atoms with E-state index in [0.717, 1.165) is 16.9 Å². The van der Waals surface area contributed by atoms with E-state index in [4.69, 9.17) is 16.6 Å². The van der Waals surface area contributed by atoms with E-state index in [1.807, 2.05) is 30.3 Å². The molecule has 4 aromatic rings. The summed E-state index contributed by atoms with van der Waals surface area (Å²) < 4.78 is 6.30. The predicted octanol–water partition coefficient (Wildman–Crippen LogP) is 6.04. The normalized spacial score (nSPS) is 17.6. The van der Waals surface area contributed by atoms with Crippen LogP contribution in [0.1, 0.15) is 34.7 Å². The molecule has 1 fully saturated rings. The summed E-state index contributed by atoms with van der Waals surface area (Å²) in [7, 11) is 0. The monoisotopic (exact) mass is 470 g/mol. The number of hydrogen-bond acceptors (Lipinski definition) is 5. The van der Waals surface area contributed by atoms with Crippen molar-refractivity contribution in [3.8, 4) is 11.3 Å². The van der Waals surface area contributed by atoms with Crippen molar-refractivity contribution in [1.29, 1.82) is 0 Å². The molecule has 0 radical (unpaired) electrons. The number of aromatic nitrogens is 1. The lowest BCUT2D eigenvalue weighted by Gasteiger charge is -2.26. The highest BCUT2D eigenvalue weighted by Gasteiger charge is 2.42. The summed E-state index contributed by atoms with van der Waals surface area (Å²) in [5, 5.41) is 15.2. The van der Waals surface area contributed by atoms with E-state index in [9.17, 15) is 10.1 Å². The Hall–Kier alpha value is -4.04. The molecule has 8 heteroatoms. The lowest BCUT2D eigenvalue weighted by molar-refractivity contribution is -0.384. The van der Waals surface area contributed by atoms with Crippen molar-refractivity contribution in [3.63, 3.8) is 0 Å². The number of nitrogens with zero attached hydrogens (tertiary/aromatic N) is 3. The molecule has 170 valence electrons. The van der Waals surface area contributed by atoms with Crippen LogP contribution < -0.4 is 10.2 Å². The van der Waals surface area contributed by atoms with Crippen LogP contribution in [-0.2, 0) is 0 Å². The average Bonchev–Trinajstić information content (AvgIpc) is 3.46. The van der Waals surface area contributed by atoms with Crippen molar-refractivity contribution < 1.29 is 9.34 Å². The Bertz CT molecular complexity index is 1390. The number of hydrogen-bond donors (Lipinski definition) is 1. The maximum Gasteiger partial charge on any atom is 0.270 e. The van der Waals surface area contributed by atoms with Crippen LogP contribution in [0, 0.1) is 24.0 Å². The van der Waals surface area contributed by atoms with Crippen LogP contribution in [0.2, 0.25) is 0 Å². The van der Waals surface area contributed by atoms with Crippen molar-refractivity contribution in [2.45, 2.75) is 25.9 Å². The molecule has 1 saturated heterocycles. The van der Waals surface area contributed by atoms with Gasteiger partial charge in [-0.15, -0.1) is 0 Å². The van der Waals surface area contributed by atoms with Gasteiger partial charge < -0.3 is 14.6 Å². The highest BCUT2D eigenvalue weighted by atomic mass is 32.1. The molecule has 0 aliphatic carbocycles. The highest BCUT2D eigenvalue weighted by Crippen LogP contribution is 2.43. The Balaban J connectivity index is 1.60. The number of furan rings is 1. The van der Waals surface area contributed by atoms with E-state index >= 15 is 0 Å². The summed E-state index contributed by atoms with van der Waals surface area (Å²) in [6.07, 6.45) is 1.76. The number of pyridine rings is 1. The second kappa shape index (κ2) is 8.72. The van der Waals surface area contributed by atoms with Gasteiger partial charge in [0.25, 0.3) is 5.69 Å². The topological polar surface area (TPSA) is 84.4 Å². The quantitative estimate of drug-likeness (QED) is 0.216. The number of aryl methyl sites for hydroxylation is 2. The van der Waals surface area contributed by atoms with E-state index in [2.05, 4.69) is 47.2 Å². The number of nitrogens with one attached hydrogen (secondary N) is 1. The molecule has 0 bridgehead atoms. The third-order valence-electron chi connectivity index (χ3n) is 6.13. The predicted molar refractivity (Wildman–Crippen MR) is 135 cm³/mol. The second-order valence-electron chi connectivity index (χ2n) is 8.27. The van der Waals surface area contributed by atoms with Gasteiger partial charge in [-0.05, 0) is 73.6 Å². The van der Waals surface area contributed by atoms with Crippen LogP contribution in [0.3, 0.4) is 0 Å². The van der Waals surface area contributed by atoms with Gasteiger partial charge in [-0.1, -0.05) is 24.3 Å². The fraction of sp³-hybridized carbons (Fsp3) is 0.154. The first kappa shape index (κ1) is 21.8. The van der Waals surface area contributed by atoms with Gasteiger partial charge in [0.2, 0.25) is 0 Å². The van der Waals surface area contributed by atoms with Crippen molar-refractivity contribution in [1.82, 2.24) is 10.3 Å². The summed E-state index contributed by atoms with van der Waals surface area (Å²) in [5.41, 5.74) is 4.82. The molecule has 2 atom stereocenters. The van der Waals surface area contributed by atoms with Gasteiger partial charge >= 0.3 is 0 Å². The molecule has 34 heavy (non-hydrogen) atoms. The zero-order valence-corrected chi connectivity index (χ0v) is 19.5. The van der Waals surface area contributed by atoms with Crippen molar-refractivity contribution >= 4 is 28.7 Å². The molecule has 7 nitrogen and oxygen atoms in total. The number of nitro benzene ring substituents is 1. The lowest BCUT2D eigenvalue weighted by Crippen LogP contribution is -2.29. The van der Waals surface area contributed by atoms with E-state index in [1.165, 1.54) is 17.7 Å². The van der Waals surface area contributed by atoms with E-state index in [-0.39, 0.29) is 17.8 Å². The van der Waals surface area contributed by atoms with Crippen molar-refractivity contribution in [2.75, 3.05) is 4.90 Å². The van der Waals surface area contributed by atoms with Gasteiger partial charge in [0.1, 0.15) is 17.6 Å². The minimum atomic E-state index is -0.411. The number of rotatable bonds is 5. The van der Waals surface area contributed by atoms with Crippen molar-refractivity contribution in [3.05, 3.63) is 112 Å². The Kier molecular flexibility index (Phi) is 5.59. The van der Waals surface area contributed by atoms with Crippen LogP contribution in [-0.4, -0.2) is 15.0 Å². The second-order valence-corrected chi connectivity index (χ2v) is 8.66. The van der Waals surface area contributed by atoms with Crippen molar-refractivity contribution in [2.24, 2.45) is 0 Å². The Labute approximate surface area is 202 Å². The van der Waals surface area contributed by atoms with Crippen LogP contribution in [0.5, 0.6) is 0 Å². The van der Waals surface area contributed by atoms with Gasteiger partial charge in [-0.3, -0.25) is 15.1 Å². The summed E-state index contributed by atoms with van der Waals surface area (Å²) in [6.45, 7) is 4.15. The van der Waals surface area contributed by atoms with Gasteiger partial charge in [0, 0.05) is 29.6 Å². The summed E-state index contributed by atoms with van der Waals surface area (Å²) in [6, 6.07) is 21.7. The molecular formula is C26H22N4O3S. The Morgan fingerprint density at radius 3 is 2.62 bits per heavy atom. The summed E-state index contributed by atoms with van der Waals surface area (Å²) >= 11 is 5.77. The van der Waals surface area contributed by atoms with Gasteiger partial charge in [-0.25, -0.2) is 0 Å². The third-order valence-corrected chi connectivity index (χ3v) is 6.44. The van der Waals surface area contributed by atoms with Crippen LogP contribution >= 0.6 is 12.2 Å². The van der Waals surface area contributed by atoms with E-state index < -0.39 is 4.92 Å². The minimum Gasteiger partial charge on any atom is -0.459 e. The molecule has 5 rings (SSSR count). The van der Waals surface area contributed by atoms with Gasteiger partial charge in [0.05, 0.1) is 16.7 Å². The maximum absolute atomic E-state index is 11.2. The lowest BCUT2D eigenvalue weighted by atomic mass is 10.0. The molecule has 2 aromatic carbocycles. The summed E-state index contributed by atoms with van der Waals surface area (Å²) in [5.74, 6) is 1.24. The number of anilines is 1. The van der Waals surface area contributed by atoms with E-state index in [1.54, 1.807) is 18.3 Å². The molecule has 0 spiro atoms. The number of benzene rings is 2. The van der Waals surface area contributed by atoms with Gasteiger partial charge in [0.15, 0.2) is 5.11 Å². The molecule has 2 unspecified atom stereocenters. The molecule has 1 N–H and O–H groups in total. The molecule has 2 aromatic heterocycles. The summed E-state index contributed by atoms with van der Waals surface area (Å²) in [4.78, 5) is 17.4. The maximum atomic E-state index is 11.2. The standard InChI is InChI=1S/C26H22N4O3S/c1-16-9-10-19(14-17(16)2)29-25(24(28-26(29)34)21-8-3-4-13-27-21)23-12-11-22(33-23)18-6-5-7-20(15-18)30(31)32/h3-15,24-25H,1-2H3,(H,28,34). The number of thiocarbonyl (C=S) groups is 1. The largest absolute Gasteiger partial charge is 0.459 e. The molecule has 0 saturated carbocycles. The van der Waals surface area contributed by atoms with Crippen LogP contribution in [0.25, 0.3) is 11.3 Å². The Morgan fingerprint density at radius 1 is 1.03 bits per heavy atom. The molecule has 0 amide bonds. The third kappa shape index (κ3) is 3.92. The highest BCUT2D eigenvalue weighted by molar-refractivity contribution is 7.80. The first-order chi connectivity index (χ1) is 16.4. The number of nitro groups is 1. The Morgan fingerprint density at radius 2 is 1.88 bits per heavy atom. The number of non-ortho nitro benzene ring substituents is 1.